The summed E-state index contributed by atoms with van der Waals surface area (Å²) < 4.78 is 5.22. The third-order valence-corrected chi connectivity index (χ3v) is 3.37. The normalized spacial score (nSPS) is 16.6. The number of amides is 2. The molecule has 1 fully saturated rings. The maximum Gasteiger partial charge on any atom is 0.318 e. The lowest BCUT2D eigenvalue weighted by Crippen LogP contribution is -2.48. The minimum atomic E-state index is -0.573. The maximum absolute atomic E-state index is 12.2. The van der Waals surface area contributed by atoms with Crippen molar-refractivity contribution in [1.82, 2.24) is 10.2 Å². The molecule has 1 saturated heterocycles. The number of rotatable bonds is 4. The molecule has 1 unspecified atom stereocenters. The third kappa shape index (κ3) is 3.57. The Labute approximate surface area is 118 Å². The largest absolute Gasteiger partial charge is 0.378 e. The van der Waals surface area contributed by atoms with Gasteiger partial charge in [-0.3, -0.25) is 4.79 Å². The highest BCUT2D eigenvalue weighted by Gasteiger charge is 2.24. The molecule has 0 radical (unpaired) electrons. The van der Waals surface area contributed by atoms with Crippen molar-refractivity contribution < 1.29 is 14.3 Å². The highest BCUT2D eigenvalue weighted by atomic mass is 16.5. The van der Waals surface area contributed by atoms with Crippen LogP contribution in [0, 0.1) is 0 Å². The van der Waals surface area contributed by atoms with Crippen molar-refractivity contribution >= 4 is 11.8 Å². The summed E-state index contributed by atoms with van der Waals surface area (Å²) >= 11 is 0. The number of urea groups is 1. The average molecular weight is 276 g/mol. The van der Waals surface area contributed by atoms with Gasteiger partial charge in [0.2, 0.25) is 0 Å². The van der Waals surface area contributed by atoms with Crippen LogP contribution in [0.25, 0.3) is 0 Å². The van der Waals surface area contributed by atoms with Crippen LogP contribution >= 0.6 is 0 Å². The second-order valence-corrected chi connectivity index (χ2v) is 4.71. The van der Waals surface area contributed by atoms with Crippen LogP contribution in [0.15, 0.2) is 30.3 Å². The molecule has 1 aromatic rings. The molecule has 2 rings (SSSR count). The van der Waals surface area contributed by atoms with Gasteiger partial charge in [-0.05, 0) is 5.56 Å². The SMILES string of the molecule is CCC(=O)C(NC(=O)N1CCOCC1)c1ccccc1. The molecule has 0 spiro atoms. The fourth-order valence-corrected chi connectivity index (χ4v) is 2.18. The van der Waals surface area contributed by atoms with E-state index < -0.39 is 6.04 Å². The number of ether oxygens (including phenoxy) is 1. The first-order chi connectivity index (χ1) is 9.72. The number of carbonyl (C=O) groups excluding carboxylic acids is 2. The lowest BCUT2D eigenvalue weighted by molar-refractivity contribution is -0.120. The van der Waals surface area contributed by atoms with E-state index in [0.29, 0.717) is 32.7 Å². The van der Waals surface area contributed by atoms with Gasteiger partial charge in [0, 0.05) is 19.5 Å². The van der Waals surface area contributed by atoms with Gasteiger partial charge >= 0.3 is 6.03 Å². The van der Waals surface area contributed by atoms with E-state index in [1.807, 2.05) is 30.3 Å². The molecule has 1 aliphatic rings. The molecule has 1 aliphatic heterocycles. The van der Waals surface area contributed by atoms with Crippen LogP contribution in [0.3, 0.4) is 0 Å². The molecule has 1 atom stereocenters. The smallest absolute Gasteiger partial charge is 0.318 e. The Morgan fingerprint density at radius 2 is 1.90 bits per heavy atom. The predicted octanol–water partition coefficient (Wildman–Crippen LogP) is 1.75. The second-order valence-electron chi connectivity index (χ2n) is 4.71. The van der Waals surface area contributed by atoms with Crippen molar-refractivity contribution in [3.05, 3.63) is 35.9 Å². The number of hydrogen-bond acceptors (Lipinski definition) is 3. The van der Waals surface area contributed by atoms with Crippen LogP contribution in [-0.2, 0) is 9.53 Å². The number of ketones is 1. The molecule has 108 valence electrons. The number of benzene rings is 1. The highest BCUT2D eigenvalue weighted by molar-refractivity contribution is 5.89. The minimum Gasteiger partial charge on any atom is -0.378 e. The molecule has 0 saturated carbocycles. The topological polar surface area (TPSA) is 58.6 Å². The number of morpholine rings is 1. The highest BCUT2D eigenvalue weighted by Crippen LogP contribution is 2.16. The Balaban J connectivity index is 2.08. The van der Waals surface area contributed by atoms with Crippen LogP contribution < -0.4 is 5.32 Å². The first-order valence-corrected chi connectivity index (χ1v) is 6.93. The minimum absolute atomic E-state index is 0.0119. The zero-order valence-corrected chi connectivity index (χ0v) is 11.7. The van der Waals surface area contributed by atoms with E-state index in [0.717, 1.165) is 5.56 Å². The van der Waals surface area contributed by atoms with Gasteiger partial charge in [0.1, 0.15) is 6.04 Å². The molecule has 5 nitrogen and oxygen atoms in total. The second kappa shape index (κ2) is 7.05. The van der Waals surface area contributed by atoms with Crippen molar-refractivity contribution in [3.63, 3.8) is 0 Å². The van der Waals surface area contributed by atoms with Gasteiger partial charge in [-0.15, -0.1) is 0 Å². The fraction of sp³-hybridized carbons (Fsp3) is 0.467. The van der Waals surface area contributed by atoms with Gasteiger partial charge in [-0.2, -0.15) is 0 Å². The molecule has 0 bridgehead atoms. The number of Topliss-reactive ketones (excluding diaryl/α,β-unsaturated/α-hetero) is 1. The average Bonchev–Trinajstić information content (AvgIpc) is 2.53. The molecule has 1 aromatic carbocycles. The van der Waals surface area contributed by atoms with E-state index >= 15 is 0 Å². The number of nitrogens with zero attached hydrogens (tertiary/aromatic N) is 1. The Morgan fingerprint density at radius 1 is 1.25 bits per heavy atom. The maximum atomic E-state index is 12.2. The summed E-state index contributed by atoms with van der Waals surface area (Å²) in [5.41, 5.74) is 0.820. The fourth-order valence-electron chi connectivity index (χ4n) is 2.18. The number of hydrogen-bond donors (Lipinski definition) is 1. The standard InChI is InChI=1S/C15H20N2O3/c1-2-13(18)14(12-6-4-3-5-7-12)16-15(19)17-8-10-20-11-9-17/h3-7,14H,2,8-11H2,1H3,(H,16,19). The van der Waals surface area contributed by atoms with E-state index in [1.165, 1.54) is 0 Å². The lowest BCUT2D eigenvalue weighted by atomic mass is 10.0. The van der Waals surface area contributed by atoms with Gasteiger partial charge in [0.15, 0.2) is 5.78 Å². The molecule has 0 aromatic heterocycles. The summed E-state index contributed by atoms with van der Waals surface area (Å²) in [6.45, 7) is 4.02. The van der Waals surface area contributed by atoms with Gasteiger partial charge in [0.25, 0.3) is 0 Å². The summed E-state index contributed by atoms with van der Waals surface area (Å²) in [7, 11) is 0. The van der Waals surface area contributed by atoms with E-state index in [9.17, 15) is 9.59 Å². The summed E-state index contributed by atoms with van der Waals surface area (Å²) in [6, 6.07) is 8.56. The third-order valence-electron chi connectivity index (χ3n) is 3.37. The van der Waals surface area contributed by atoms with Gasteiger partial charge in [-0.25, -0.2) is 4.79 Å². The molecular formula is C15H20N2O3. The molecule has 1 heterocycles. The van der Waals surface area contributed by atoms with Gasteiger partial charge in [-0.1, -0.05) is 37.3 Å². The summed E-state index contributed by atoms with van der Waals surface area (Å²) in [5, 5.41) is 2.84. The van der Waals surface area contributed by atoms with E-state index in [1.54, 1.807) is 11.8 Å². The van der Waals surface area contributed by atoms with E-state index in [4.69, 9.17) is 4.74 Å². The van der Waals surface area contributed by atoms with Crippen molar-refractivity contribution in [3.8, 4) is 0 Å². The van der Waals surface area contributed by atoms with Crippen LogP contribution in [0.4, 0.5) is 4.79 Å². The number of carbonyl (C=O) groups is 2. The predicted molar refractivity (Wildman–Crippen MR) is 75.4 cm³/mol. The number of nitrogens with one attached hydrogen (secondary N) is 1. The van der Waals surface area contributed by atoms with Crippen LogP contribution in [-0.4, -0.2) is 43.0 Å². The van der Waals surface area contributed by atoms with Gasteiger partial charge < -0.3 is 15.0 Å². The van der Waals surface area contributed by atoms with Crippen LogP contribution in [0.2, 0.25) is 0 Å². The summed E-state index contributed by atoms with van der Waals surface area (Å²) in [6.07, 6.45) is 0.392. The van der Waals surface area contributed by atoms with Crippen molar-refractivity contribution in [2.45, 2.75) is 19.4 Å². The summed E-state index contributed by atoms with van der Waals surface area (Å²) in [5.74, 6) is 0.0119. The molecular weight excluding hydrogens is 256 g/mol. The zero-order chi connectivity index (χ0) is 14.4. The quantitative estimate of drug-likeness (QED) is 0.911. The zero-order valence-electron chi connectivity index (χ0n) is 11.7. The first-order valence-electron chi connectivity index (χ1n) is 6.93. The summed E-state index contributed by atoms with van der Waals surface area (Å²) in [4.78, 5) is 26.0. The first kappa shape index (κ1) is 14.5. The van der Waals surface area contributed by atoms with Gasteiger partial charge in [0.05, 0.1) is 13.2 Å². The molecule has 20 heavy (non-hydrogen) atoms. The molecule has 1 N–H and O–H groups in total. The monoisotopic (exact) mass is 276 g/mol. The van der Waals surface area contributed by atoms with E-state index in [2.05, 4.69) is 5.32 Å². The Hall–Kier alpha value is -1.88. The Kier molecular flexibility index (Phi) is 5.12. The molecule has 5 heteroatoms. The Bertz CT molecular complexity index is 455. The molecule has 0 aliphatic carbocycles. The van der Waals surface area contributed by atoms with Crippen molar-refractivity contribution in [1.29, 1.82) is 0 Å². The lowest BCUT2D eigenvalue weighted by Gasteiger charge is -2.29. The van der Waals surface area contributed by atoms with Crippen LogP contribution in [0.1, 0.15) is 24.9 Å². The van der Waals surface area contributed by atoms with E-state index in [-0.39, 0.29) is 11.8 Å². The molecule has 2 amide bonds. The van der Waals surface area contributed by atoms with Crippen LogP contribution in [0.5, 0.6) is 0 Å². The Morgan fingerprint density at radius 3 is 2.50 bits per heavy atom. The van der Waals surface area contributed by atoms with Crippen molar-refractivity contribution in [2.75, 3.05) is 26.3 Å². The van der Waals surface area contributed by atoms with Crippen molar-refractivity contribution in [2.24, 2.45) is 0 Å².